The molecule has 0 radical (unpaired) electrons. The van der Waals surface area contributed by atoms with Crippen LogP contribution < -0.4 is 5.73 Å². The van der Waals surface area contributed by atoms with Gasteiger partial charge >= 0.3 is 0 Å². The van der Waals surface area contributed by atoms with Gasteiger partial charge in [-0.15, -0.1) is 0 Å². The number of rotatable bonds is 5. The van der Waals surface area contributed by atoms with Crippen LogP contribution in [0.15, 0.2) is 28.8 Å². The Labute approximate surface area is 125 Å². The number of hydrogen-bond acceptors (Lipinski definition) is 4. The smallest absolute Gasteiger partial charge is 0.234 e. The molecule has 1 aliphatic rings. The minimum Gasteiger partial charge on any atom is -0.339 e. The number of benzene rings is 1. The highest BCUT2D eigenvalue weighted by molar-refractivity contribution is 5.35. The van der Waals surface area contributed by atoms with E-state index >= 15 is 0 Å². The van der Waals surface area contributed by atoms with Crippen LogP contribution in [0.2, 0.25) is 0 Å². The first-order valence-corrected chi connectivity index (χ1v) is 7.83. The number of nitrogens with two attached hydrogens (primary N) is 1. The van der Waals surface area contributed by atoms with E-state index in [1.54, 1.807) is 0 Å². The van der Waals surface area contributed by atoms with Gasteiger partial charge in [-0.05, 0) is 36.8 Å². The van der Waals surface area contributed by atoms with Gasteiger partial charge in [0.15, 0.2) is 5.82 Å². The van der Waals surface area contributed by atoms with E-state index in [1.807, 2.05) is 0 Å². The summed E-state index contributed by atoms with van der Waals surface area (Å²) in [5.74, 6) is 1.88. The fourth-order valence-corrected chi connectivity index (χ4v) is 3.29. The first kappa shape index (κ1) is 14.3. The van der Waals surface area contributed by atoms with Crippen molar-refractivity contribution < 1.29 is 4.52 Å². The van der Waals surface area contributed by atoms with E-state index in [-0.39, 0.29) is 5.41 Å². The lowest BCUT2D eigenvalue weighted by Gasteiger charge is -2.25. The van der Waals surface area contributed by atoms with Crippen LogP contribution in [0.3, 0.4) is 0 Å². The van der Waals surface area contributed by atoms with Crippen LogP contribution in [0.1, 0.15) is 55.4 Å². The normalized spacial score (nSPS) is 15.4. The molecule has 3 rings (SSSR count). The summed E-state index contributed by atoms with van der Waals surface area (Å²) in [5.41, 5.74) is 8.61. The zero-order chi connectivity index (χ0) is 14.9. The molecular formula is C17H23N3O. The third-order valence-electron chi connectivity index (χ3n) is 5.06. The van der Waals surface area contributed by atoms with Crippen LogP contribution in [0.5, 0.6) is 0 Å². The van der Waals surface area contributed by atoms with Crippen molar-refractivity contribution in [1.29, 1.82) is 0 Å². The maximum atomic E-state index is 5.96. The first-order chi connectivity index (χ1) is 10.2. The van der Waals surface area contributed by atoms with Crippen LogP contribution in [0, 0.1) is 0 Å². The summed E-state index contributed by atoms with van der Waals surface area (Å²) >= 11 is 0. The van der Waals surface area contributed by atoms with Gasteiger partial charge in [-0.25, -0.2) is 0 Å². The number of hydrogen-bond donors (Lipinski definition) is 1. The molecule has 0 atom stereocenters. The van der Waals surface area contributed by atoms with E-state index in [0.717, 1.165) is 31.5 Å². The predicted octanol–water partition coefficient (Wildman–Crippen LogP) is 2.97. The van der Waals surface area contributed by atoms with Crippen LogP contribution in [-0.4, -0.2) is 16.7 Å². The monoisotopic (exact) mass is 285 g/mol. The van der Waals surface area contributed by atoms with Gasteiger partial charge in [0.2, 0.25) is 5.89 Å². The third-order valence-corrected chi connectivity index (χ3v) is 5.06. The van der Waals surface area contributed by atoms with E-state index < -0.39 is 0 Å². The summed E-state index contributed by atoms with van der Waals surface area (Å²) in [6.07, 6.45) is 3.85. The SMILES string of the molecule is CCC(CC)(CN)c1nc(C2Cc3ccccc3C2)no1. The lowest BCUT2D eigenvalue weighted by Crippen LogP contribution is -2.34. The van der Waals surface area contributed by atoms with Crippen molar-refractivity contribution in [3.05, 3.63) is 47.1 Å². The molecule has 112 valence electrons. The van der Waals surface area contributed by atoms with Crippen molar-refractivity contribution in [3.8, 4) is 0 Å². The quantitative estimate of drug-likeness (QED) is 0.917. The molecule has 4 nitrogen and oxygen atoms in total. The molecule has 0 bridgehead atoms. The molecule has 4 heteroatoms. The van der Waals surface area contributed by atoms with Gasteiger partial charge in [0.05, 0.1) is 5.41 Å². The minimum atomic E-state index is -0.170. The average Bonchev–Trinajstić information content (AvgIpc) is 3.16. The molecule has 21 heavy (non-hydrogen) atoms. The lowest BCUT2D eigenvalue weighted by atomic mass is 9.82. The Hall–Kier alpha value is -1.68. The number of aromatic nitrogens is 2. The Kier molecular flexibility index (Phi) is 3.81. The van der Waals surface area contributed by atoms with E-state index in [4.69, 9.17) is 15.2 Å². The Morgan fingerprint density at radius 3 is 2.33 bits per heavy atom. The predicted molar refractivity (Wildman–Crippen MR) is 82.2 cm³/mol. The zero-order valence-electron chi connectivity index (χ0n) is 12.8. The molecule has 0 spiro atoms. The molecule has 1 aromatic heterocycles. The van der Waals surface area contributed by atoms with E-state index in [1.165, 1.54) is 11.1 Å². The second-order valence-corrected chi connectivity index (χ2v) is 6.02. The lowest BCUT2D eigenvalue weighted by molar-refractivity contribution is 0.266. The summed E-state index contributed by atoms with van der Waals surface area (Å²) in [6, 6.07) is 8.57. The molecule has 2 N–H and O–H groups in total. The Morgan fingerprint density at radius 1 is 1.19 bits per heavy atom. The van der Waals surface area contributed by atoms with Gasteiger partial charge < -0.3 is 10.3 Å². The van der Waals surface area contributed by atoms with Gasteiger partial charge in [-0.3, -0.25) is 0 Å². The van der Waals surface area contributed by atoms with Gasteiger partial charge in [0, 0.05) is 12.5 Å². The Morgan fingerprint density at radius 2 is 1.81 bits per heavy atom. The van der Waals surface area contributed by atoms with Crippen molar-refractivity contribution in [3.63, 3.8) is 0 Å². The maximum Gasteiger partial charge on any atom is 0.234 e. The Balaban J connectivity index is 1.84. The highest BCUT2D eigenvalue weighted by atomic mass is 16.5. The molecule has 2 aromatic rings. The van der Waals surface area contributed by atoms with Crippen molar-refractivity contribution in [2.45, 2.75) is 50.9 Å². The van der Waals surface area contributed by atoms with Gasteiger partial charge in [0.25, 0.3) is 0 Å². The largest absolute Gasteiger partial charge is 0.339 e. The van der Waals surface area contributed by atoms with E-state index in [0.29, 0.717) is 18.4 Å². The summed E-state index contributed by atoms with van der Waals surface area (Å²) < 4.78 is 5.57. The van der Waals surface area contributed by atoms with Gasteiger partial charge in [0.1, 0.15) is 0 Å². The molecule has 0 saturated carbocycles. The minimum absolute atomic E-state index is 0.170. The standard InChI is InChI=1S/C17H23N3O/c1-3-17(4-2,11-18)16-19-15(20-21-16)14-9-12-7-5-6-8-13(12)10-14/h5-8,14H,3-4,9-11,18H2,1-2H3. The number of nitrogens with zero attached hydrogens (tertiary/aromatic N) is 2. The van der Waals surface area contributed by atoms with Gasteiger partial charge in [-0.2, -0.15) is 4.98 Å². The van der Waals surface area contributed by atoms with Crippen molar-refractivity contribution in [1.82, 2.24) is 10.1 Å². The summed E-state index contributed by atoms with van der Waals surface area (Å²) in [7, 11) is 0. The van der Waals surface area contributed by atoms with Crippen molar-refractivity contribution in [2.75, 3.05) is 6.54 Å². The highest BCUT2D eigenvalue weighted by Crippen LogP contribution is 2.35. The van der Waals surface area contributed by atoms with Crippen LogP contribution in [-0.2, 0) is 18.3 Å². The molecule has 0 amide bonds. The molecule has 0 unspecified atom stereocenters. The summed E-state index contributed by atoms with van der Waals surface area (Å²) in [6.45, 7) is 4.81. The highest BCUT2D eigenvalue weighted by Gasteiger charge is 2.35. The molecule has 0 aliphatic heterocycles. The fraction of sp³-hybridized carbons (Fsp3) is 0.529. The van der Waals surface area contributed by atoms with Crippen molar-refractivity contribution >= 4 is 0 Å². The van der Waals surface area contributed by atoms with Crippen LogP contribution in [0.25, 0.3) is 0 Å². The molecule has 1 aromatic carbocycles. The maximum absolute atomic E-state index is 5.96. The summed E-state index contributed by atoms with van der Waals surface area (Å²) in [4.78, 5) is 4.70. The molecule has 0 fully saturated rings. The van der Waals surface area contributed by atoms with E-state index in [9.17, 15) is 0 Å². The molecule has 1 aliphatic carbocycles. The van der Waals surface area contributed by atoms with Crippen LogP contribution in [0.4, 0.5) is 0 Å². The molecular weight excluding hydrogens is 262 g/mol. The van der Waals surface area contributed by atoms with E-state index in [2.05, 4.69) is 43.3 Å². The van der Waals surface area contributed by atoms with Crippen molar-refractivity contribution in [2.24, 2.45) is 5.73 Å². The average molecular weight is 285 g/mol. The summed E-state index contributed by atoms with van der Waals surface area (Å²) in [5, 5.41) is 4.25. The molecule has 1 heterocycles. The second-order valence-electron chi connectivity index (χ2n) is 6.02. The molecule has 0 saturated heterocycles. The van der Waals surface area contributed by atoms with Gasteiger partial charge in [-0.1, -0.05) is 43.3 Å². The zero-order valence-corrected chi connectivity index (χ0v) is 12.8. The first-order valence-electron chi connectivity index (χ1n) is 7.83. The number of fused-ring (bicyclic) bond motifs is 1. The topological polar surface area (TPSA) is 64.9 Å². The Bertz CT molecular complexity index is 583. The third kappa shape index (κ3) is 2.38. The van der Waals surface area contributed by atoms with Crippen LogP contribution >= 0.6 is 0 Å². The second kappa shape index (κ2) is 5.60. The fourth-order valence-electron chi connectivity index (χ4n) is 3.29.